The number of hydrogen-bond acceptors (Lipinski definition) is 3. The van der Waals surface area contributed by atoms with Crippen LogP contribution in [0, 0.1) is 5.82 Å². The van der Waals surface area contributed by atoms with Crippen molar-refractivity contribution in [1.29, 1.82) is 0 Å². The number of hydrogen-bond donors (Lipinski definition) is 2. The Hall–Kier alpha value is -1.43. The van der Waals surface area contributed by atoms with E-state index in [9.17, 15) is 9.18 Å². The van der Waals surface area contributed by atoms with Crippen molar-refractivity contribution in [2.45, 2.75) is 4.90 Å². The molecular formula is C14H11Cl2FN2OS. The summed E-state index contributed by atoms with van der Waals surface area (Å²) in [5.41, 5.74) is 6.23. The zero-order chi connectivity index (χ0) is 15.4. The molecule has 1 amide bonds. The van der Waals surface area contributed by atoms with Crippen LogP contribution in [0.3, 0.4) is 0 Å². The molecule has 0 saturated heterocycles. The maximum atomic E-state index is 13.5. The lowest BCUT2D eigenvalue weighted by molar-refractivity contribution is -0.113. The zero-order valence-corrected chi connectivity index (χ0v) is 13.0. The third kappa shape index (κ3) is 4.52. The molecule has 0 aliphatic carbocycles. The summed E-state index contributed by atoms with van der Waals surface area (Å²) in [5.74, 6) is -0.813. The van der Waals surface area contributed by atoms with Crippen LogP contribution in [0.4, 0.5) is 15.8 Å². The minimum absolute atomic E-state index is 0.0911. The fourth-order valence-corrected chi connectivity index (χ4v) is 2.79. The van der Waals surface area contributed by atoms with Gasteiger partial charge in [-0.05, 0) is 36.4 Å². The van der Waals surface area contributed by atoms with Gasteiger partial charge in [-0.2, -0.15) is 0 Å². The summed E-state index contributed by atoms with van der Waals surface area (Å²) in [5, 5.41) is 3.23. The number of nitrogens with two attached hydrogens (primary N) is 1. The number of rotatable bonds is 4. The van der Waals surface area contributed by atoms with Gasteiger partial charge >= 0.3 is 0 Å². The number of anilines is 2. The summed E-state index contributed by atoms with van der Waals surface area (Å²) >= 11 is 12.9. The van der Waals surface area contributed by atoms with Gasteiger partial charge < -0.3 is 11.1 Å². The number of carbonyl (C=O) groups excluding carboxylic acids is 1. The van der Waals surface area contributed by atoms with Gasteiger partial charge in [0, 0.05) is 15.6 Å². The molecule has 7 heteroatoms. The van der Waals surface area contributed by atoms with E-state index in [4.69, 9.17) is 28.9 Å². The Kier molecular flexibility index (Phi) is 5.33. The molecule has 0 atom stereocenters. The van der Waals surface area contributed by atoms with Gasteiger partial charge in [0.2, 0.25) is 5.91 Å². The molecule has 110 valence electrons. The van der Waals surface area contributed by atoms with Crippen molar-refractivity contribution in [2.75, 3.05) is 16.8 Å². The lowest BCUT2D eigenvalue weighted by Crippen LogP contribution is -2.15. The largest absolute Gasteiger partial charge is 0.399 e. The summed E-state index contributed by atoms with van der Waals surface area (Å²) in [6.45, 7) is 0. The molecule has 0 saturated carbocycles. The maximum absolute atomic E-state index is 13.5. The van der Waals surface area contributed by atoms with Gasteiger partial charge in [0.05, 0.1) is 16.5 Å². The second kappa shape index (κ2) is 7.02. The smallest absolute Gasteiger partial charge is 0.234 e. The molecule has 0 spiro atoms. The molecule has 0 aliphatic heterocycles. The quantitative estimate of drug-likeness (QED) is 0.636. The monoisotopic (exact) mass is 344 g/mol. The Balaban J connectivity index is 1.96. The van der Waals surface area contributed by atoms with E-state index in [0.29, 0.717) is 10.7 Å². The minimum Gasteiger partial charge on any atom is -0.399 e. The predicted octanol–water partition coefficient (Wildman–Crippen LogP) is 4.45. The third-order valence-electron chi connectivity index (χ3n) is 2.52. The Labute approximate surface area is 135 Å². The molecule has 0 heterocycles. The number of halogens is 3. The van der Waals surface area contributed by atoms with Crippen LogP contribution in [0.15, 0.2) is 41.3 Å². The van der Waals surface area contributed by atoms with Gasteiger partial charge in [0.25, 0.3) is 0 Å². The van der Waals surface area contributed by atoms with Crippen molar-refractivity contribution in [3.05, 3.63) is 52.3 Å². The van der Waals surface area contributed by atoms with E-state index >= 15 is 0 Å². The molecule has 0 fully saturated rings. The van der Waals surface area contributed by atoms with Gasteiger partial charge in [-0.15, -0.1) is 11.8 Å². The van der Waals surface area contributed by atoms with Crippen molar-refractivity contribution in [2.24, 2.45) is 0 Å². The van der Waals surface area contributed by atoms with E-state index in [2.05, 4.69) is 5.32 Å². The van der Waals surface area contributed by atoms with Crippen molar-refractivity contribution >= 4 is 52.2 Å². The molecule has 0 radical (unpaired) electrons. The van der Waals surface area contributed by atoms with Crippen molar-refractivity contribution in [1.82, 2.24) is 0 Å². The van der Waals surface area contributed by atoms with Crippen LogP contribution in [-0.4, -0.2) is 11.7 Å². The predicted molar refractivity (Wildman–Crippen MR) is 86.6 cm³/mol. The third-order valence-corrected chi connectivity index (χ3v) is 4.25. The van der Waals surface area contributed by atoms with E-state index in [-0.39, 0.29) is 22.4 Å². The Bertz CT molecular complexity index is 682. The van der Waals surface area contributed by atoms with E-state index in [0.717, 1.165) is 11.0 Å². The highest BCUT2D eigenvalue weighted by Crippen LogP contribution is 2.29. The van der Waals surface area contributed by atoms with Crippen LogP contribution in [0.25, 0.3) is 0 Å². The fourth-order valence-electron chi connectivity index (χ4n) is 1.55. The molecule has 2 rings (SSSR count). The molecule has 3 N–H and O–H groups in total. The van der Waals surface area contributed by atoms with Crippen molar-refractivity contribution in [3.63, 3.8) is 0 Å². The number of benzene rings is 2. The molecule has 2 aromatic carbocycles. The number of thioether (sulfide) groups is 1. The molecule has 0 bridgehead atoms. The number of nitrogens with one attached hydrogen (secondary N) is 1. The second-order valence-corrected chi connectivity index (χ2v) is 6.01. The van der Waals surface area contributed by atoms with Crippen LogP contribution >= 0.6 is 35.0 Å². The van der Waals surface area contributed by atoms with Crippen LogP contribution < -0.4 is 11.1 Å². The Morgan fingerprint density at radius 2 is 2.00 bits per heavy atom. The first kappa shape index (κ1) is 15.9. The lowest BCUT2D eigenvalue weighted by Gasteiger charge is -2.07. The van der Waals surface area contributed by atoms with Crippen LogP contribution in [0.2, 0.25) is 10.0 Å². The molecule has 0 aromatic heterocycles. The van der Waals surface area contributed by atoms with E-state index < -0.39 is 5.82 Å². The van der Waals surface area contributed by atoms with E-state index in [1.807, 2.05) is 0 Å². The van der Waals surface area contributed by atoms with Crippen LogP contribution in [0.1, 0.15) is 0 Å². The Morgan fingerprint density at radius 3 is 2.67 bits per heavy atom. The standard InChI is InChI=1S/C14H11Cl2FN2OS/c15-8-1-3-12(11(17)5-8)19-14(20)7-21-13-4-2-9(18)6-10(13)16/h1-6H,7,18H2,(H,19,20). The SMILES string of the molecule is Nc1ccc(SCC(=O)Nc2ccc(Cl)cc2F)c(Cl)c1. The summed E-state index contributed by atoms with van der Waals surface area (Å²) in [6, 6.07) is 9.10. The van der Waals surface area contributed by atoms with Gasteiger partial charge in [-0.3, -0.25) is 4.79 Å². The zero-order valence-electron chi connectivity index (χ0n) is 10.7. The normalized spacial score (nSPS) is 10.4. The second-order valence-electron chi connectivity index (χ2n) is 4.15. The van der Waals surface area contributed by atoms with Crippen LogP contribution in [-0.2, 0) is 4.79 Å². The fraction of sp³-hybridized carbons (Fsp3) is 0.0714. The summed E-state index contributed by atoms with van der Waals surface area (Å²) in [7, 11) is 0. The highest BCUT2D eigenvalue weighted by molar-refractivity contribution is 8.00. The van der Waals surface area contributed by atoms with Gasteiger partial charge in [0.1, 0.15) is 5.82 Å². The molecular weight excluding hydrogens is 334 g/mol. The van der Waals surface area contributed by atoms with Crippen molar-refractivity contribution < 1.29 is 9.18 Å². The molecule has 0 aliphatic rings. The summed E-state index contributed by atoms with van der Waals surface area (Å²) in [4.78, 5) is 12.5. The maximum Gasteiger partial charge on any atom is 0.234 e. The van der Waals surface area contributed by atoms with Crippen LogP contribution in [0.5, 0.6) is 0 Å². The van der Waals surface area contributed by atoms with E-state index in [1.54, 1.807) is 18.2 Å². The molecule has 21 heavy (non-hydrogen) atoms. The number of carbonyl (C=O) groups is 1. The first-order chi connectivity index (χ1) is 9.95. The summed E-state index contributed by atoms with van der Waals surface area (Å²) in [6.07, 6.45) is 0. The first-order valence-corrected chi connectivity index (χ1v) is 7.62. The Morgan fingerprint density at radius 1 is 1.24 bits per heavy atom. The van der Waals surface area contributed by atoms with Gasteiger partial charge in [-0.25, -0.2) is 4.39 Å². The highest BCUT2D eigenvalue weighted by Gasteiger charge is 2.09. The summed E-state index contributed by atoms with van der Waals surface area (Å²) < 4.78 is 13.5. The number of nitrogen functional groups attached to an aromatic ring is 1. The highest BCUT2D eigenvalue weighted by atomic mass is 35.5. The average Bonchev–Trinajstić information content (AvgIpc) is 2.41. The molecule has 0 unspecified atom stereocenters. The minimum atomic E-state index is -0.577. The topological polar surface area (TPSA) is 55.1 Å². The van der Waals surface area contributed by atoms with Crippen molar-refractivity contribution in [3.8, 4) is 0 Å². The molecule has 3 nitrogen and oxygen atoms in total. The molecule has 2 aromatic rings. The van der Waals surface area contributed by atoms with E-state index in [1.165, 1.54) is 23.9 Å². The average molecular weight is 345 g/mol. The lowest BCUT2D eigenvalue weighted by atomic mass is 10.3. The number of amides is 1. The van der Waals surface area contributed by atoms with Gasteiger partial charge in [0.15, 0.2) is 0 Å². The van der Waals surface area contributed by atoms with Gasteiger partial charge in [-0.1, -0.05) is 23.2 Å². The first-order valence-electron chi connectivity index (χ1n) is 5.88.